The average Bonchev–Trinajstić information content (AvgIpc) is 3.74. The zero-order valence-electron chi connectivity index (χ0n) is 23.6. The molecule has 2 aliphatic heterocycles. The number of carbonyl (C=O) groups excluding carboxylic acids is 1. The van der Waals surface area contributed by atoms with E-state index in [9.17, 15) is 13.2 Å². The summed E-state index contributed by atoms with van der Waals surface area (Å²) in [4.78, 5) is 28.9. The number of aromatic nitrogens is 2. The molecule has 12 heteroatoms. The van der Waals surface area contributed by atoms with Crippen molar-refractivity contribution >= 4 is 39.0 Å². The zero-order valence-corrected chi connectivity index (χ0v) is 25.1. The van der Waals surface area contributed by atoms with Crippen molar-refractivity contribution in [2.24, 2.45) is 0 Å². The van der Waals surface area contributed by atoms with Crippen LogP contribution in [0.4, 0.5) is 11.6 Å². The molecule has 3 N–H and O–H groups in total. The molecule has 0 radical (unpaired) electrons. The summed E-state index contributed by atoms with van der Waals surface area (Å²) in [6.07, 6.45) is 6.30. The minimum atomic E-state index is -3.27. The van der Waals surface area contributed by atoms with Crippen LogP contribution in [-0.4, -0.2) is 91.2 Å². The molecule has 0 unspecified atom stereocenters. The van der Waals surface area contributed by atoms with Crippen LogP contribution in [0, 0.1) is 6.92 Å². The Kier molecular flexibility index (Phi) is 8.56. The highest BCUT2D eigenvalue weighted by Gasteiger charge is 2.35. The van der Waals surface area contributed by atoms with Crippen molar-refractivity contribution < 1.29 is 13.2 Å². The molecular weight excluding hydrogens is 550 g/mol. The second-order valence-corrected chi connectivity index (χ2v) is 13.8. The highest BCUT2D eigenvalue weighted by atomic mass is 35.5. The quantitative estimate of drug-likeness (QED) is 0.478. The molecule has 1 aromatic carbocycles. The largest absolute Gasteiger partial charge is 0.382 e. The van der Waals surface area contributed by atoms with Gasteiger partial charge >= 0.3 is 0 Å². The van der Waals surface area contributed by atoms with E-state index < -0.39 is 9.84 Å². The number of likely N-dealkylation sites (tertiary alicyclic amines) is 1. The van der Waals surface area contributed by atoms with Crippen LogP contribution in [0.15, 0.2) is 23.1 Å². The Morgan fingerprint density at radius 1 is 1.12 bits per heavy atom. The predicted molar refractivity (Wildman–Crippen MR) is 158 cm³/mol. The number of halogens is 1. The second kappa shape index (κ2) is 11.8. The summed E-state index contributed by atoms with van der Waals surface area (Å²) >= 11 is 6.53. The number of sulfone groups is 1. The number of nitrogens with two attached hydrogens (primary N) is 1. The number of nitrogen functional groups attached to an aromatic ring is 1. The van der Waals surface area contributed by atoms with Gasteiger partial charge in [-0.15, -0.1) is 0 Å². The van der Waals surface area contributed by atoms with Gasteiger partial charge in [-0.2, -0.15) is 0 Å². The van der Waals surface area contributed by atoms with Crippen molar-refractivity contribution in [3.63, 3.8) is 0 Å². The van der Waals surface area contributed by atoms with Gasteiger partial charge < -0.3 is 16.0 Å². The Morgan fingerprint density at radius 3 is 2.50 bits per heavy atom. The Bertz CT molecular complexity index is 1360. The SMILES string of the molecule is CC[C@H]1CN(c2nc(N)c(C(=O)NC3CC3)nc2Cl)CCN1C1CCN(Cc2ccc(C)cc2S(C)(=O)=O)CC1. The fourth-order valence-corrected chi connectivity index (χ4v) is 7.22. The summed E-state index contributed by atoms with van der Waals surface area (Å²) in [6, 6.07) is 6.72. The summed E-state index contributed by atoms with van der Waals surface area (Å²) in [5.41, 5.74) is 8.07. The fourth-order valence-electron chi connectivity index (χ4n) is 5.96. The van der Waals surface area contributed by atoms with Crippen LogP contribution >= 0.6 is 11.6 Å². The second-order valence-electron chi connectivity index (χ2n) is 11.5. The molecule has 218 valence electrons. The van der Waals surface area contributed by atoms with Crippen molar-refractivity contribution in [3.8, 4) is 0 Å². The number of piperazine rings is 1. The number of amides is 1. The Balaban J connectivity index is 1.20. The molecule has 3 heterocycles. The first-order chi connectivity index (χ1) is 19.0. The number of anilines is 2. The maximum atomic E-state index is 12.5. The van der Waals surface area contributed by atoms with E-state index in [1.54, 1.807) is 6.07 Å². The van der Waals surface area contributed by atoms with E-state index in [1.165, 1.54) is 6.26 Å². The van der Waals surface area contributed by atoms with Gasteiger partial charge in [0.05, 0.1) is 4.90 Å². The summed E-state index contributed by atoms with van der Waals surface area (Å²) < 4.78 is 24.7. The average molecular weight is 590 g/mol. The van der Waals surface area contributed by atoms with Gasteiger partial charge in [0.25, 0.3) is 5.91 Å². The molecule has 40 heavy (non-hydrogen) atoms. The lowest BCUT2D eigenvalue weighted by Gasteiger charge is -2.47. The van der Waals surface area contributed by atoms with Crippen molar-refractivity contribution in [2.75, 3.05) is 49.6 Å². The smallest absolute Gasteiger partial charge is 0.274 e. The van der Waals surface area contributed by atoms with Crippen LogP contribution < -0.4 is 16.0 Å². The van der Waals surface area contributed by atoms with Gasteiger partial charge in [0.1, 0.15) is 0 Å². The van der Waals surface area contributed by atoms with Gasteiger partial charge in [-0.3, -0.25) is 14.6 Å². The number of nitrogens with one attached hydrogen (secondary N) is 1. The van der Waals surface area contributed by atoms with E-state index in [-0.39, 0.29) is 28.6 Å². The van der Waals surface area contributed by atoms with Gasteiger partial charge in [-0.1, -0.05) is 30.7 Å². The van der Waals surface area contributed by atoms with Crippen molar-refractivity contribution in [1.82, 2.24) is 25.1 Å². The summed E-state index contributed by atoms with van der Waals surface area (Å²) in [5.74, 6) is 0.321. The molecule has 2 saturated heterocycles. The number of piperidine rings is 1. The zero-order chi connectivity index (χ0) is 28.6. The van der Waals surface area contributed by atoms with Crippen LogP contribution in [0.3, 0.4) is 0 Å². The van der Waals surface area contributed by atoms with Crippen molar-refractivity contribution in [3.05, 3.63) is 40.2 Å². The first-order valence-electron chi connectivity index (χ1n) is 14.2. The summed E-state index contributed by atoms with van der Waals surface area (Å²) in [7, 11) is -3.27. The van der Waals surface area contributed by atoms with Crippen LogP contribution in [-0.2, 0) is 16.4 Å². The van der Waals surface area contributed by atoms with Gasteiger partial charge in [0.2, 0.25) is 0 Å². The number of benzene rings is 1. The normalized spacial score (nSPS) is 21.5. The van der Waals surface area contributed by atoms with Gasteiger partial charge in [-0.05, 0) is 69.3 Å². The van der Waals surface area contributed by atoms with Crippen LogP contribution in [0.1, 0.15) is 60.6 Å². The highest BCUT2D eigenvalue weighted by Crippen LogP contribution is 2.31. The maximum Gasteiger partial charge on any atom is 0.274 e. The molecule has 0 spiro atoms. The number of hydrogen-bond acceptors (Lipinski definition) is 9. The molecule has 1 atom stereocenters. The number of rotatable bonds is 8. The number of nitrogens with zero attached hydrogens (tertiary/aromatic N) is 5. The van der Waals surface area contributed by atoms with E-state index in [2.05, 4.69) is 36.9 Å². The highest BCUT2D eigenvalue weighted by molar-refractivity contribution is 7.90. The van der Waals surface area contributed by atoms with E-state index in [0.29, 0.717) is 29.3 Å². The number of carbonyl (C=O) groups is 1. The molecule has 1 amide bonds. The molecule has 2 aromatic rings. The first kappa shape index (κ1) is 29.0. The Hall–Kier alpha value is -2.47. The van der Waals surface area contributed by atoms with E-state index in [4.69, 9.17) is 17.3 Å². The van der Waals surface area contributed by atoms with Crippen LogP contribution in [0.5, 0.6) is 0 Å². The van der Waals surface area contributed by atoms with Crippen molar-refractivity contribution in [2.45, 2.75) is 75.5 Å². The van der Waals surface area contributed by atoms with E-state index in [1.807, 2.05) is 19.1 Å². The monoisotopic (exact) mass is 589 g/mol. The minimum Gasteiger partial charge on any atom is -0.382 e. The third kappa shape index (κ3) is 6.53. The third-order valence-electron chi connectivity index (χ3n) is 8.33. The molecule has 3 fully saturated rings. The predicted octanol–water partition coefficient (Wildman–Crippen LogP) is 2.88. The molecule has 5 rings (SSSR count). The van der Waals surface area contributed by atoms with Crippen molar-refractivity contribution in [1.29, 1.82) is 0 Å². The van der Waals surface area contributed by atoms with Gasteiger partial charge in [0, 0.05) is 50.6 Å². The summed E-state index contributed by atoms with van der Waals surface area (Å²) in [6.45, 7) is 9.01. The van der Waals surface area contributed by atoms with E-state index >= 15 is 0 Å². The van der Waals surface area contributed by atoms with E-state index in [0.717, 1.165) is 76.0 Å². The van der Waals surface area contributed by atoms with Gasteiger partial charge in [0.15, 0.2) is 32.3 Å². The fraction of sp³-hybridized carbons (Fsp3) is 0.607. The minimum absolute atomic E-state index is 0.0902. The topological polar surface area (TPSA) is 125 Å². The molecule has 3 aliphatic rings. The molecule has 1 aromatic heterocycles. The lowest BCUT2D eigenvalue weighted by Crippen LogP contribution is -2.58. The van der Waals surface area contributed by atoms with Crippen LogP contribution in [0.25, 0.3) is 0 Å². The molecule has 10 nitrogen and oxygen atoms in total. The number of hydrogen-bond donors (Lipinski definition) is 2. The number of aryl methyl sites for hydroxylation is 1. The third-order valence-corrected chi connectivity index (χ3v) is 9.76. The Morgan fingerprint density at radius 2 is 1.85 bits per heavy atom. The maximum absolute atomic E-state index is 12.5. The molecule has 0 bridgehead atoms. The summed E-state index contributed by atoms with van der Waals surface area (Å²) in [5, 5.41) is 3.10. The standard InChI is InChI=1S/C28H40ClN7O3S/c1-4-21-17-35(27-25(29)32-24(26(30)33-27)28(37)31-20-7-8-20)13-14-36(21)22-9-11-34(12-10-22)16-19-6-5-18(2)15-23(19)40(3,38)39/h5-6,15,20-22H,4,7-14,16-17H2,1-3H3,(H2,30,33)(H,31,37)/t21-/m0/s1. The molecule has 1 aliphatic carbocycles. The Labute approximate surface area is 242 Å². The lowest BCUT2D eigenvalue weighted by molar-refractivity contribution is 0.0608. The molecular formula is C28H40ClN7O3S. The first-order valence-corrected chi connectivity index (χ1v) is 16.5. The van der Waals surface area contributed by atoms with Gasteiger partial charge in [-0.25, -0.2) is 18.4 Å². The van der Waals surface area contributed by atoms with Crippen LogP contribution in [0.2, 0.25) is 5.15 Å². The lowest BCUT2D eigenvalue weighted by atomic mass is 9.97. The molecule has 1 saturated carbocycles.